The Morgan fingerprint density at radius 1 is 1.02 bits per heavy atom. The van der Waals surface area contributed by atoms with Gasteiger partial charge < -0.3 is 55.1 Å². The Balaban J connectivity index is 1.28. The first-order chi connectivity index (χ1) is 19.2. The zero-order valence-electron chi connectivity index (χ0n) is 23.5. The van der Waals surface area contributed by atoms with Crippen molar-refractivity contribution in [3.8, 4) is 0 Å². The number of cyclic esters (lactones) is 1. The van der Waals surface area contributed by atoms with E-state index in [0.29, 0.717) is 19.3 Å². The van der Waals surface area contributed by atoms with E-state index in [0.717, 1.165) is 5.57 Å². The van der Waals surface area contributed by atoms with Gasteiger partial charge in [0.25, 0.3) is 0 Å². The standard InChI is InChI=1S/C29H44O12/c1-13-22(34)23(35)24(36)25(40-13)41-15-8-19(32)28(12-30)21-17(3-5-27(28,37)9-15)29(38)6-4-16(14-7-20(33)39-11-14)26(29,2)10-18(21)31/h7,13,15-19,21-25,30-32,34-38H,3-6,8-12H2,1-2H3/t13-,15-,16+,17+,18+,19-,21+,22-,23+,24+,25-,26+,27-,28+,29?/m0/s1. The Hall–Kier alpha value is -1.19. The number of rotatable bonds is 4. The lowest BCUT2D eigenvalue weighted by Gasteiger charge is -2.68. The fraction of sp³-hybridized carbons (Fsp3) is 0.897. The highest BCUT2D eigenvalue weighted by molar-refractivity contribution is 5.85. The van der Waals surface area contributed by atoms with Gasteiger partial charge in [0.15, 0.2) is 6.29 Å². The van der Waals surface area contributed by atoms with Crippen LogP contribution in [0, 0.1) is 28.6 Å². The second-order valence-electron chi connectivity index (χ2n) is 13.8. The number of hydrogen-bond donors (Lipinski definition) is 8. The van der Waals surface area contributed by atoms with Gasteiger partial charge in [-0.05, 0) is 56.4 Å². The Morgan fingerprint density at radius 2 is 1.76 bits per heavy atom. The summed E-state index contributed by atoms with van der Waals surface area (Å²) in [6.45, 7) is 3.00. The third-order valence-electron chi connectivity index (χ3n) is 12.2. The van der Waals surface area contributed by atoms with E-state index in [-0.39, 0.29) is 38.2 Å². The van der Waals surface area contributed by atoms with E-state index < -0.39 is 95.5 Å². The van der Waals surface area contributed by atoms with E-state index in [1.165, 1.54) is 13.0 Å². The summed E-state index contributed by atoms with van der Waals surface area (Å²) < 4.78 is 16.7. The molecule has 0 spiro atoms. The highest BCUT2D eigenvalue weighted by atomic mass is 16.7. The summed E-state index contributed by atoms with van der Waals surface area (Å²) in [4.78, 5) is 11.8. The van der Waals surface area contributed by atoms with Crippen LogP contribution in [0.2, 0.25) is 0 Å². The fourth-order valence-corrected chi connectivity index (χ4v) is 10.1. The highest BCUT2D eigenvalue weighted by Crippen LogP contribution is 2.70. The van der Waals surface area contributed by atoms with Crippen LogP contribution in [0.25, 0.3) is 0 Å². The number of fused-ring (bicyclic) bond motifs is 5. The van der Waals surface area contributed by atoms with E-state index in [1.54, 1.807) is 0 Å². The summed E-state index contributed by atoms with van der Waals surface area (Å²) in [7, 11) is 0. The summed E-state index contributed by atoms with van der Waals surface area (Å²) in [5.74, 6) is -1.93. The smallest absolute Gasteiger partial charge is 0.331 e. The second kappa shape index (κ2) is 9.91. The molecular weight excluding hydrogens is 540 g/mol. The van der Waals surface area contributed by atoms with Gasteiger partial charge in [-0.3, -0.25) is 0 Å². The minimum atomic E-state index is -1.67. The summed E-state index contributed by atoms with van der Waals surface area (Å²) in [6, 6.07) is 0. The van der Waals surface area contributed by atoms with E-state index in [1.807, 2.05) is 6.92 Å². The molecule has 0 radical (unpaired) electrons. The molecule has 12 heteroatoms. The van der Waals surface area contributed by atoms with Crippen molar-refractivity contribution in [2.45, 2.75) is 119 Å². The van der Waals surface area contributed by atoms with Gasteiger partial charge in [-0.25, -0.2) is 4.79 Å². The molecule has 41 heavy (non-hydrogen) atoms. The predicted molar refractivity (Wildman–Crippen MR) is 139 cm³/mol. The summed E-state index contributed by atoms with van der Waals surface area (Å²) in [6.07, 6.45) is -6.68. The number of hydrogen-bond acceptors (Lipinski definition) is 12. The maximum Gasteiger partial charge on any atom is 0.331 e. The summed E-state index contributed by atoms with van der Waals surface area (Å²) in [5.41, 5.74) is -4.46. The average molecular weight is 585 g/mol. The molecule has 2 heterocycles. The number of esters is 1. The lowest BCUT2D eigenvalue weighted by Crippen LogP contribution is -2.76. The van der Waals surface area contributed by atoms with Crippen LogP contribution < -0.4 is 0 Å². The maximum absolute atomic E-state index is 12.4. The Labute approximate surface area is 238 Å². The molecule has 4 saturated carbocycles. The van der Waals surface area contributed by atoms with Gasteiger partial charge in [-0.2, -0.15) is 0 Å². The van der Waals surface area contributed by atoms with E-state index >= 15 is 0 Å². The Morgan fingerprint density at radius 3 is 2.41 bits per heavy atom. The van der Waals surface area contributed by atoms with Gasteiger partial charge in [0.2, 0.25) is 0 Å². The Kier molecular flexibility index (Phi) is 7.22. The first-order valence-electron chi connectivity index (χ1n) is 14.9. The molecule has 0 aromatic rings. The van der Waals surface area contributed by atoms with Crippen molar-refractivity contribution in [3.63, 3.8) is 0 Å². The number of carbonyl (C=O) groups excluding carboxylic acids is 1. The zero-order chi connectivity index (χ0) is 29.7. The molecule has 8 N–H and O–H groups in total. The SMILES string of the molecule is C[C@@H]1O[C@@H](O[C@H]2C[C@H](O)[C@]3(CO)[C@H]4[C@H](O)C[C@]5(C)[C@@H](C6=CC(=O)OC6)CCC5(O)[C@@H]4CC[C@]3(O)C2)[C@H](O)[C@H](O)[C@H]1O. The van der Waals surface area contributed by atoms with Crippen molar-refractivity contribution in [2.75, 3.05) is 13.2 Å². The number of carbonyl (C=O) groups is 1. The Bertz CT molecular complexity index is 1080. The number of aliphatic hydroxyl groups excluding tert-OH is 6. The van der Waals surface area contributed by atoms with Gasteiger partial charge in [0, 0.05) is 30.3 Å². The van der Waals surface area contributed by atoms with Crippen LogP contribution in [0.3, 0.4) is 0 Å². The van der Waals surface area contributed by atoms with E-state index in [9.17, 15) is 45.6 Å². The number of ether oxygens (including phenoxy) is 3. The quantitative estimate of drug-likeness (QED) is 0.140. The van der Waals surface area contributed by atoms with Crippen molar-refractivity contribution < 1.29 is 59.9 Å². The molecule has 0 aromatic carbocycles. The molecule has 232 valence electrons. The molecule has 5 fully saturated rings. The van der Waals surface area contributed by atoms with Crippen LogP contribution in [0.5, 0.6) is 0 Å². The van der Waals surface area contributed by atoms with Gasteiger partial charge in [0.05, 0.1) is 47.6 Å². The third kappa shape index (κ3) is 3.99. The molecule has 6 rings (SSSR count). The molecule has 0 bridgehead atoms. The summed E-state index contributed by atoms with van der Waals surface area (Å²) in [5, 5.41) is 89.6. The van der Waals surface area contributed by atoms with Crippen molar-refractivity contribution in [2.24, 2.45) is 28.6 Å². The van der Waals surface area contributed by atoms with Gasteiger partial charge in [0.1, 0.15) is 24.9 Å². The zero-order valence-corrected chi connectivity index (χ0v) is 23.5. The molecule has 2 aliphatic heterocycles. The van der Waals surface area contributed by atoms with Gasteiger partial charge in [-0.15, -0.1) is 0 Å². The van der Waals surface area contributed by atoms with Gasteiger partial charge >= 0.3 is 5.97 Å². The van der Waals surface area contributed by atoms with Gasteiger partial charge in [-0.1, -0.05) is 6.92 Å². The molecule has 12 nitrogen and oxygen atoms in total. The molecule has 15 atom stereocenters. The lowest BCUT2D eigenvalue weighted by molar-refractivity contribution is -0.342. The lowest BCUT2D eigenvalue weighted by atomic mass is 9.40. The fourth-order valence-electron chi connectivity index (χ4n) is 10.1. The van der Waals surface area contributed by atoms with Crippen LogP contribution >= 0.6 is 0 Å². The van der Waals surface area contributed by atoms with Crippen LogP contribution in [0.15, 0.2) is 11.6 Å². The van der Waals surface area contributed by atoms with Crippen LogP contribution in [-0.2, 0) is 19.0 Å². The molecule has 1 unspecified atom stereocenters. The van der Waals surface area contributed by atoms with E-state index in [4.69, 9.17) is 14.2 Å². The van der Waals surface area contributed by atoms with Crippen LogP contribution in [0.1, 0.15) is 58.8 Å². The minimum Gasteiger partial charge on any atom is -0.458 e. The van der Waals surface area contributed by atoms with Crippen molar-refractivity contribution >= 4 is 5.97 Å². The predicted octanol–water partition coefficient (Wildman–Crippen LogP) is -1.51. The highest BCUT2D eigenvalue weighted by Gasteiger charge is 2.75. The molecular formula is C29H44O12. The van der Waals surface area contributed by atoms with E-state index in [2.05, 4.69) is 0 Å². The first-order valence-corrected chi connectivity index (χ1v) is 14.9. The second-order valence-corrected chi connectivity index (χ2v) is 13.8. The maximum atomic E-state index is 12.4. The van der Waals surface area contributed by atoms with Crippen molar-refractivity contribution in [3.05, 3.63) is 11.6 Å². The monoisotopic (exact) mass is 584 g/mol. The molecule has 0 amide bonds. The molecule has 4 aliphatic carbocycles. The van der Waals surface area contributed by atoms with Crippen LogP contribution in [-0.4, -0.2) is 120 Å². The van der Waals surface area contributed by atoms with Crippen molar-refractivity contribution in [1.82, 2.24) is 0 Å². The number of aliphatic hydroxyl groups is 8. The normalized spacial score (nSPS) is 56.9. The largest absolute Gasteiger partial charge is 0.458 e. The molecule has 1 saturated heterocycles. The molecule has 6 aliphatic rings. The van der Waals surface area contributed by atoms with Crippen LogP contribution in [0.4, 0.5) is 0 Å². The van der Waals surface area contributed by atoms with Crippen molar-refractivity contribution in [1.29, 1.82) is 0 Å². The summed E-state index contributed by atoms with van der Waals surface area (Å²) >= 11 is 0. The molecule has 0 aromatic heterocycles. The average Bonchev–Trinajstić information content (AvgIpc) is 3.45. The minimum absolute atomic E-state index is 0.0369. The third-order valence-corrected chi connectivity index (χ3v) is 12.2. The first kappa shape index (κ1) is 29.9. The topological polar surface area (TPSA) is 207 Å².